The van der Waals surface area contributed by atoms with Crippen molar-refractivity contribution in [3.8, 4) is 5.75 Å². The molecule has 1 rings (SSSR count). The molecule has 0 spiro atoms. The Balaban J connectivity index is 2.04. The monoisotopic (exact) mass is 443 g/mol. The van der Waals surface area contributed by atoms with Crippen molar-refractivity contribution in [3.05, 3.63) is 42.5 Å². The van der Waals surface area contributed by atoms with Crippen molar-refractivity contribution < 1.29 is 14.3 Å². The highest BCUT2D eigenvalue weighted by molar-refractivity contribution is 5.86. The first-order chi connectivity index (χ1) is 15.7. The zero-order valence-corrected chi connectivity index (χ0v) is 19.7. The Hall–Kier alpha value is -2.63. The van der Waals surface area contributed by atoms with Gasteiger partial charge >= 0.3 is 0 Å². The number of carbonyl (C=O) groups excluding carboxylic acids is 2. The number of hydrazone groups is 1. The molecule has 0 aliphatic rings. The van der Waals surface area contributed by atoms with Gasteiger partial charge in [0.1, 0.15) is 12.4 Å². The topological polar surface area (TPSA) is 79.8 Å². The first kappa shape index (κ1) is 27.4. The van der Waals surface area contributed by atoms with Crippen LogP contribution < -0.4 is 15.5 Å². The lowest BCUT2D eigenvalue weighted by Crippen LogP contribution is -2.34. The van der Waals surface area contributed by atoms with E-state index in [0.29, 0.717) is 18.8 Å². The number of unbranched alkanes of at least 4 members (excludes halogenated alkanes) is 10. The molecule has 0 unspecified atom stereocenters. The molecule has 2 amide bonds. The fourth-order valence-electron chi connectivity index (χ4n) is 3.28. The van der Waals surface area contributed by atoms with Crippen LogP contribution in [0.1, 0.15) is 89.5 Å². The molecule has 0 aromatic heterocycles. The molecule has 0 aliphatic carbocycles. The highest BCUT2D eigenvalue weighted by atomic mass is 16.5. The highest BCUT2D eigenvalue weighted by Crippen LogP contribution is 2.12. The molecule has 0 fully saturated rings. The fraction of sp³-hybridized carbons (Fsp3) is 0.577. The van der Waals surface area contributed by atoms with Crippen molar-refractivity contribution >= 4 is 18.0 Å². The van der Waals surface area contributed by atoms with Gasteiger partial charge in [-0.1, -0.05) is 95.9 Å². The third-order valence-corrected chi connectivity index (χ3v) is 5.08. The Morgan fingerprint density at radius 1 is 0.969 bits per heavy atom. The van der Waals surface area contributed by atoms with Crippen molar-refractivity contribution in [2.75, 3.05) is 13.2 Å². The van der Waals surface area contributed by atoms with Crippen LogP contribution >= 0.6 is 0 Å². The molecule has 0 radical (unpaired) electrons. The van der Waals surface area contributed by atoms with Gasteiger partial charge in [0, 0.05) is 6.42 Å². The van der Waals surface area contributed by atoms with Gasteiger partial charge in [0.15, 0.2) is 0 Å². The summed E-state index contributed by atoms with van der Waals surface area (Å²) in [7, 11) is 0. The molecule has 178 valence electrons. The van der Waals surface area contributed by atoms with E-state index in [1.807, 2.05) is 24.3 Å². The second-order valence-corrected chi connectivity index (χ2v) is 8.03. The van der Waals surface area contributed by atoms with E-state index in [0.717, 1.165) is 18.4 Å². The summed E-state index contributed by atoms with van der Waals surface area (Å²) in [5.41, 5.74) is 3.22. The number of carbonyl (C=O) groups is 2. The lowest BCUT2D eigenvalue weighted by atomic mass is 10.1. The van der Waals surface area contributed by atoms with Crippen LogP contribution in [0.5, 0.6) is 5.75 Å². The number of hydrogen-bond acceptors (Lipinski definition) is 4. The van der Waals surface area contributed by atoms with Crippen molar-refractivity contribution in [2.45, 2.75) is 84.0 Å². The van der Waals surface area contributed by atoms with Gasteiger partial charge in [-0.05, 0) is 24.1 Å². The predicted octanol–water partition coefficient (Wildman–Crippen LogP) is 5.52. The normalized spacial score (nSPS) is 10.8. The molecule has 1 aromatic carbocycles. The number of nitrogens with one attached hydrogen (secondary N) is 2. The molecule has 32 heavy (non-hydrogen) atoms. The Morgan fingerprint density at radius 2 is 1.62 bits per heavy atom. The zero-order valence-electron chi connectivity index (χ0n) is 19.7. The van der Waals surface area contributed by atoms with Gasteiger partial charge in [0.2, 0.25) is 5.91 Å². The van der Waals surface area contributed by atoms with Gasteiger partial charge in [-0.2, -0.15) is 5.10 Å². The number of benzene rings is 1. The van der Waals surface area contributed by atoms with Crippen LogP contribution in [0, 0.1) is 0 Å². The van der Waals surface area contributed by atoms with Crippen molar-refractivity contribution in [3.63, 3.8) is 0 Å². The number of hydrogen-bond donors (Lipinski definition) is 2. The van der Waals surface area contributed by atoms with Gasteiger partial charge in [-0.25, -0.2) is 5.43 Å². The van der Waals surface area contributed by atoms with Crippen molar-refractivity contribution in [1.82, 2.24) is 10.7 Å². The second-order valence-electron chi connectivity index (χ2n) is 8.03. The van der Waals surface area contributed by atoms with E-state index < -0.39 is 0 Å². The van der Waals surface area contributed by atoms with Crippen molar-refractivity contribution in [2.24, 2.45) is 5.10 Å². The summed E-state index contributed by atoms with van der Waals surface area (Å²) in [6, 6.07) is 7.35. The highest BCUT2D eigenvalue weighted by Gasteiger charge is 2.04. The fourth-order valence-corrected chi connectivity index (χ4v) is 3.28. The molecule has 1 aromatic rings. The summed E-state index contributed by atoms with van der Waals surface area (Å²) in [6.45, 7) is 6.21. The summed E-state index contributed by atoms with van der Waals surface area (Å²) >= 11 is 0. The average Bonchev–Trinajstić information content (AvgIpc) is 2.80. The minimum absolute atomic E-state index is 0.0727. The third kappa shape index (κ3) is 15.2. The summed E-state index contributed by atoms with van der Waals surface area (Å²) in [5, 5.41) is 6.57. The number of ether oxygens (including phenoxy) is 1. The minimum atomic E-state index is -0.354. The van der Waals surface area contributed by atoms with E-state index in [1.165, 1.54) is 64.0 Å². The van der Waals surface area contributed by atoms with Gasteiger partial charge in [-0.3, -0.25) is 9.59 Å². The molecule has 6 nitrogen and oxygen atoms in total. The van der Waals surface area contributed by atoms with Crippen LogP contribution in [0.15, 0.2) is 42.0 Å². The van der Waals surface area contributed by atoms with Crippen LogP contribution in [-0.2, 0) is 9.59 Å². The molecule has 0 heterocycles. The van der Waals surface area contributed by atoms with Gasteiger partial charge in [-0.15, -0.1) is 0 Å². The van der Waals surface area contributed by atoms with Crippen LogP contribution in [0.3, 0.4) is 0 Å². The molecular formula is C26H41N3O3. The Morgan fingerprint density at radius 3 is 2.28 bits per heavy atom. The van der Waals surface area contributed by atoms with E-state index in [2.05, 4.69) is 29.3 Å². The maximum absolute atomic E-state index is 11.9. The van der Waals surface area contributed by atoms with Crippen LogP contribution in [-0.4, -0.2) is 31.2 Å². The van der Waals surface area contributed by atoms with Crippen LogP contribution in [0.2, 0.25) is 0 Å². The van der Waals surface area contributed by atoms with E-state index in [1.54, 1.807) is 6.08 Å². The second kappa shape index (κ2) is 19.1. The maximum atomic E-state index is 11.9. The Labute approximate surface area is 193 Å². The Bertz CT molecular complexity index is 689. The van der Waals surface area contributed by atoms with Gasteiger partial charge in [0.25, 0.3) is 5.91 Å². The predicted molar refractivity (Wildman–Crippen MR) is 132 cm³/mol. The van der Waals surface area contributed by atoms with Crippen molar-refractivity contribution in [1.29, 1.82) is 0 Å². The third-order valence-electron chi connectivity index (χ3n) is 5.08. The molecule has 0 atom stereocenters. The molecule has 0 saturated carbocycles. The largest absolute Gasteiger partial charge is 0.490 e. The molecule has 0 aliphatic heterocycles. The summed E-state index contributed by atoms with van der Waals surface area (Å²) in [4.78, 5) is 23.7. The quantitative estimate of drug-likeness (QED) is 0.128. The van der Waals surface area contributed by atoms with Crippen LogP contribution in [0.4, 0.5) is 0 Å². The minimum Gasteiger partial charge on any atom is -0.490 e. The smallest absolute Gasteiger partial charge is 0.259 e. The van der Waals surface area contributed by atoms with E-state index in [-0.39, 0.29) is 18.4 Å². The molecule has 0 saturated heterocycles. The Kier molecular flexibility index (Phi) is 16.3. The van der Waals surface area contributed by atoms with E-state index in [9.17, 15) is 9.59 Å². The molecule has 0 bridgehead atoms. The van der Waals surface area contributed by atoms with E-state index >= 15 is 0 Å². The summed E-state index contributed by atoms with van der Waals surface area (Å²) < 4.78 is 5.45. The average molecular weight is 444 g/mol. The lowest BCUT2D eigenvalue weighted by molar-refractivity contribution is -0.126. The summed E-state index contributed by atoms with van der Waals surface area (Å²) in [5.74, 6) is 0.259. The first-order valence-corrected chi connectivity index (χ1v) is 12.1. The lowest BCUT2D eigenvalue weighted by Gasteiger charge is -2.05. The number of rotatable bonds is 19. The molecule has 2 N–H and O–H groups in total. The standard InChI is InChI=1S/C26H41N3O3/c1-3-5-6-7-8-9-10-11-12-13-14-18-25(30)27-22-26(31)29-28-21-23-16-15-17-24(20-23)32-19-4-2/h4,15-17,20-21H,2-3,5-14,18-19,22H2,1H3,(H,27,30)(H,29,31)/b28-21-. The molecular weight excluding hydrogens is 402 g/mol. The van der Waals surface area contributed by atoms with Gasteiger partial charge in [0.05, 0.1) is 12.8 Å². The number of nitrogens with zero attached hydrogens (tertiary/aromatic N) is 1. The zero-order chi connectivity index (χ0) is 23.3. The molecule has 6 heteroatoms. The number of amides is 2. The first-order valence-electron chi connectivity index (χ1n) is 12.1. The van der Waals surface area contributed by atoms with Gasteiger partial charge < -0.3 is 10.1 Å². The van der Waals surface area contributed by atoms with E-state index in [4.69, 9.17) is 4.74 Å². The maximum Gasteiger partial charge on any atom is 0.259 e. The SMILES string of the molecule is C=CCOc1cccc(/C=N\NC(=O)CNC(=O)CCCCCCCCCCCCC)c1. The van der Waals surface area contributed by atoms with Crippen LogP contribution in [0.25, 0.3) is 0 Å². The summed E-state index contributed by atoms with van der Waals surface area (Å²) in [6.07, 6.45) is 17.4.